The molecule has 0 radical (unpaired) electrons. The van der Waals surface area contributed by atoms with E-state index < -0.39 is 28.9 Å². The lowest BCUT2D eigenvalue weighted by molar-refractivity contribution is -0.137. The minimum Gasteiger partial charge on any atom is -0.389 e. The van der Waals surface area contributed by atoms with Crippen LogP contribution in [0.5, 0.6) is 0 Å². The molecule has 0 saturated carbocycles. The monoisotopic (exact) mass is 435 g/mol. The van der Waals surface area contributed by atoms with Crippen LogP contribution in [0.1, 0.15) is 11.1 Å². The maximum absolute atomic E-state index is 15.5. The number of benzene rings is 2. The van der Waals surface area contributed by atoms with Gasteiger partial charge in [0.05, 0.1) is 15.8 Å². The number of nitrogen functional groups attached to an aromatic ring is 1. The quantitative estimate of drug-likeness (QED) is 0.417. The normalized spacial score (nSPS) is 11.8. The van der Waals surface area contributed by atoms with Crippen LogP contribution in [0.4, 0.5) is 32.8 Å². The zero-order valence-electron chi connectivity index (χ0n) is 15.0. The number of hydrogen-bond donors (Lipinski definition) is 2. The van der Waals surface area contributed by atoms with Crippen molar-refractivity contribution in [2.75, 3.05) is 18.1 Å². The van der Waals surface area contributed by atoms with Crippen LogP contribution in [0.25, 0.3) is 32.1 Å². The Morgan fingerprint density at radius 2 is 1.93 bits per heavy atom. The molecule has 4 aromatic rings. The first kappa shape index (κ1) is 19.8. The van der Waals surface area contributed by atoms with Crippen molar-refractivity contribution in [1.82, 2.24) is 9.97 Å². The maximum atomic E-state index is 15.5. The van der Waals surface area contributed by atoms with E-state index in [1.165, 1.54) is 7.05 Å². The van der Waals surface area contributed by atoms with Crippen molar-refractivity contribution >= 4 is 43.1 Å². The second kappa shape index (κ2) is 6.77. The van der Waals surface area contributed by atoms with Gasteiger partial charge in [0.15, 0.2) is 5.82 Å². The van der Waals surface area contributed by atoms with E-state index in [1.807, 2.05) is 0 Å². The standard InChI is InChI=1S/C19H10F5N5S/c1-27-18-8-4-10(19(22,23)24)13(14(21)15(8)28-6-29-18)7-2-3-11(20)16-12(7)9(5-25)17(26)30-16/h2-4,6H,26H2,1H3,(H,27,28,29). The molecule has 5 nitrogen and oxygen atoms in total. The third kappa shape index (κ3) is 2.80. The minimum absolute atomic E-state index is 0.0118. The van der Waals surface area contributed by atoms with Gasteiger partial charge in [0.25, 0.3) is 0 Å². The summed E-state index contributed by atoms with van der Waals surface area (Å²) < 4.78 is 71.5. The van der Waals surface area contributed by atoms with Gasteiger partial charge in [-0.05, 0) is 17.7 Å². The summed E-state index contributed by atoms with van der Waals surface area (Å²) in [5.74, 6) is -2.03. The fraction of sp³-hybridized carbons (Fsp3) is 0.105. The van der Waals surface area contributed by atoms with Crippen LogP contribution in [0.3, 0.4) is 0 Å². The number of nitrogens with one attached hydrogen (secondary N) is 1. The zero-order chi connectivity index (χ0) is 21.8. The van der Waals surface area contributed by atoms with E-state index >= 15 is 4.39 Å². The number of nitrogens with zero attached hydrogens (tertiary/aromatic N) is 3. The molecule has 2 aromatic carbocycles. The van der Waals surface area contributed by atoms with E-state index in [2.05, 4.69) is 15.3 Å². The van der Waals surface area contributed by atoms with Crippen LogP contribution in [0.2, 0.25) is 0 Å². The lowest BCUT2D eigenvalue weighted by Gasteiger charge is -2.17. The third-order valence-electron chi connectivity index (χ3n) is 4.61. The number of rotatable bonds is 2. The molecule has 2 aromatic heterocycles. The van der Waals surface area contributed by atoms with Crippen molar-refractivity contribution in [2.45, 2.75) is 6.18 Å². The van der Waals surface area contributed by atoms with Gasteiger partial charge in [-0.25, -0.2) is 18.7 Å². The molecule has 0 unspecified atom stereocenters. The van der Waals surface area contributed by atoms with Crippen molar-refractivity contribution in [3.8, 4) is 17.2 Å². The Bertz CT molecular complexity index is 1370. The summed E-state index contributed by atoms with van der Waals surface area (Å²) in [4.78, 5) is 7.61. The molecule has 0 aliphatic rings. The van der Waals surface area contributed by atoms with E-state index in [0.29, 0.717) is 11.3 Å². The van der Waals surface area contributed by atoms with Gasteiger partial charge in [-0.2, -0.15) is 18.4 Å². The first-order valence-electron chi connectivity index (χ1n) is 8.32. The maximum Gasteiger partial charge on any atom is 0.417 e. The average Bonchev–Trinajstić information content (AvgIpc) is 3.04. The van der Waals surface area contributed by atoms with Crippen LogP contribution in [-0.2, 0) is 6.18 Å². The van der Waals surface area contributed by atoms with Crippen molar-refractivity contribution in [1.29, 1.82) is 5.26 Å². The second-order valence-electron chi connectivity index (χ2n) is 6.23. The molecule has 0 atom stereocenters. The number of fused-ring (bicyclic) bond motifs is 2. The van der Waals surface area contributed by atoms with E-state index in [4.69, 9.17) is 5.73 Å². The third-order valence-corrected chi connectivity index (χ3v) is 5.64. The Kier molecular flexibility index (Phi) is 4.47. The number of nitriles is 1. The Morgan fingerprint density at radius 3 is 2.57 bits per heavy atom. The number of aromatic nitrogens is 2. The van der Waals surface area contributed by atoms with Gasteiger partial charge in [0.1, 0.15) is 34.5 Å². The summed E-state index contributed by atoms with van der Waals surface area (Å²) in [5.41, 5.74) is 2.75. The Balaban J connectivity index is 2.24. The molecule has 0 amide bonds. The highest BCUT2D eigenvalue weighted by Gasteiger charge is 2.38. The topological polar surface area (TPSA) is 87.6 Å². The number of hydrogen-bond acceptors (Lipinski definition) is 6. The average molecular weight is 435 g/mol. The summed E-state index contributed by atoms with van der Waals surface area (Å²) in [6, 6.07) is 4.42. The molecule has 152 valence electrons. The van der Waals surface area contributed by atoms with Crippen LogP contribution >= 0.6 is 11.3 Å². The summed E-state index contributed by atoms with van der Waals surface area (Å²) in [6.07, 6.45) is -3.95. The fourth-order valence-corrected chi connectivity index (χ4v) is 4.30. The lowest BCUT2D eigenvalue weighted by Crippen LogP contribution is -2.10. The molecule has 3 N–H and O–H groups in total. The van der Waals surface area contributed by atoms with Gasteiger partial charge < -0.3 is 11.1 Å². The highest BCUT2D eigenvalue weighted by Crippen LogP contribution is 2.47. The van der Waals surface area contributed by atoms with Gasteiger partial charge in [0, 0.05) is 23.4 Å². The van der Waals surface area contributed by atoms with Gasteiger partial charge in [-0.3, -0.25) is 0 Å². The largest absolute Gasteiger partial charge is 0.417 e. The molecule has 0 aliphatic carbocycles. The van der Waals surface area contributed by atoms with Crippen molar-refractivity contribution in [3.05, 3.63) is 47.3 Å². The number of anilines is 2. The number of halogens is 5. The summed E-state index contributed by atoms with van der Waals surface area (Å²) in [5, 5.41) is 11.6. The second-order valence-corrected chi connectivity index (χ2v) is 7.28. The first-order chi connectivity index (χ1) is 14.2. The predicted octanol–water partition coefficient (Wildman–Crippen LogP) is 5.30. The molecule has 0 bridgehead atoms. The Labute approximate surface area is 169 Å². The summed E-state index contributed by atoms with van der Waals surface area (Å²) in [6.45, 7) is 0. The fourth-order valence-electron chi connectivity index (χ4n) is 3.36. The van der Waals surface area contributed by atoms with Crippen molar-refractivity contribution < 1.29 is 22.0 Å². The van der Waals surface area contributed by atoms with Crippen LogP contribution in [0.15, 0.2) is 24.5 Å². The van der Waals surface area contributed by atoms with Gasteiger partial charge in [-0.1, -0.05) is 6.07 Å². The number of thiophene rings is 1. The van der Waals surface area contributed by atoms with Crippen LogP contribution < -0.4 is 11.1 Å². The van der Waals surface area contributed by atoms with Gasteiger partial charge in [-0.15, -0.1) is 11.3 Å². The Hall–Kier alpha value is -3.52. The van der Waals surface area contributed by atoms with Crippen LogP contribution in [-0.4, -0.2) is 17.0 Å². The molecule has 2 heterocycles. The van der Waals surface area contributed by atoms with E-state index in [-0.39, 0.29) is 42.9 Å². The van der Waals surface area contributed by atoms with Crippen molar-refractivity contribution in [2.24, 2.45) is 0 Å². The molecular formula is C19H10F5N5S. The number of nitrogens with two attached hydrogens (primary N) is 1. The van der Waals surface area contributed by atoms with E-state index in [9.17, 15) is 22.8 Å². The zero-order valence-corrected chi connectivity index (χ0v) is 15.8. The predicted molar refractivity (Wildman–Crippen MR) is 104 cm³/mol. The highest BCUT2D eigenvalue weighted by molar-refractivity contribution is 7.23. The molecule has 0 aliphatic heterocycles. The molecule has 0 fully saturated rings. The SMILES string of the molecule is CNc1ncnc2c(F)c(-c3ccc(F)c4sc(N)c(C#N)c34)c(C(F)(F)F)cc12. The molecular weight excluding hydrogens is 425 g/mol. The van der Waals surface area contributed by atoms with Crippen LogP contribution in [0, 0.1) is 23.0 Å². The van der Waals surface area contributed by atoms with Crippen molar-refractivity contribution in [3.63, 3.8) is 0 Å². The summed E-state index contributed by atoms with van der Waals surface area (Å²) in [7, 11) is 1.43. The molecule has 0 spiro atoms. The van der Waals surface area contributed by atoms with Gasteiger partial charge >= 0.3 is 6.18 Å². The minimum atomic E-state index is -4.96. The molecule has 11 heteroatoms. The van der Waals surface area contributed by atoms with Gasteiger partial charge in [0.2, 0.25) is 0 Å². The molecule has 4 rings (SSSR count). The Morgan fingerprint density at radius 1 is 1.20 bits per heavy atom. The highest BCUT2D eigenvalue weighted by atomic mass is 32.1. The lowest BCUT2D eigenvalue weighted by atomic mass is 9.92. The van der Waals surface area contributed by atoms with E-state index in [0.717, 1.165) is 24.5 Å². The summed E-state index contributed by atoms with van der Waals surface area (Å²) >= 11 is 0.709. The molecule has 30 heavy (non-hydrogen) atoms. The van der Waals surface area contributed by atoms with E-state index in [1.54, 1.807) is 6.07 Å². The smallest absolute Gasteiger partial charge is 0.389 e. The number of alkyl halides is 3. The first-order valence-corrected chi connectivity index (χ1v) is 9.13. The molecule has 0 saturated heterocycles.